The minimum Gasteiger partial charge on any atom is -0.495 e. The Bertz CT molecular complexity index is 1430. The number of ether oxygens (including phenoxy) is 2. The maximum Gasteiger partial charge on any atom is 0.251 e. The number of hydrogen-bond acceptors (Lipinski definition) is 8. The summed E-state index contributed by atoms with van der Waals surface area (Å²) < 4.78 is 10.9. The number of nitrogens with one attached hydrogen (secondary N) is 3. The topological polar surface area (TPSA) is 101 Å². The molecule has 1 aliphatic heterocycles. The van der Waals surface area contributed by atoms with Gasteiger partial charge < -0.3 is 30.3 Å². The molecular weight excluding hydrogens is 504 g/mol. The van der Waals surface area contributed by atoms with Crippen molar-refractivity contribution in [1.29, 1.82) is 0 Å². The van der Waals surface area contributed by atoms with Gasteiger partial charge in [-0.15, -0.1) is 0 Å². The van der Waals surface area contributed by atoms with Crippen molar-refractivity contribution in [2.24, 2.45) is 0 Å². The summed E-state index contributed by atoms with van der Waals surface area (Å²) in [5, 5.41) is 9.52. The van der Waals surface area contributed by atoms with E-state index in [1.54, 1.807) is 38.7 Å². The van der Waals surface area contributed by atoms with Gasteiger partial charge in [0.15, 0.2) is 0 Å². The molecule has 4 rings (SSSR count). The number of halogens is 1. The molecule has 10 heteroatoms. The van der Waals surface area contributed by atoms with E-state index in [2.05, 4.69) is 55.8 Å². The maximum absolute atomic E-state index is 12.1. The second-order valence-electron chi connectivity index (χ2n) is 8.69. The summed E-state index contributed by atoms with van der Waals surface area (Å²) in [4.78, 5) is 23.0. The van der Waals surface area contributed by atoms with Crippen molar-refractivity contribution < 1.29 is 14.3 Å². The molecule has 0 bridgehead atoms. The molecular formula is C28H29ClN6O3. The molecule has 2 heterocycles. The van der Waals surface area contributed by atoms with Gasteiger partial charge in [-0.25, -0.2) is 9.97 Å². The number of aromatic nitrogens is 2. The summed E-state index contributed by atoms with van der Waals surface area (Å²) in [5.41, 5.74) is 4.31. The zero-order valence-corrected chi connectivity index (χ0v) is 22.6. The first-order valence-electron chi connectivity index (χ1n) is 11.9. The number of carbonyl (C=O) groups is 1. The van der Waals surface area contributed by atoms with E-state index < -0.39 is 0 Å². The minimum atomic E-state index is -0.263. The zero-order chi connectivity index (χ0) is 27.2. The number of methoxy groups -OCH3 is 2. The Morgan fingerprint density at radius 3 is 2.53 bits per heavy atom. The highest BCUT2D eigenvalue weighted by molar-refractivity contribution is 6.33. The van der Waals surface area contributed by atoms with Crippen LogP contribution in [0.4, 0.5) is 17.3 Å². The molecule has 0 aliphatic carbocycles. The van der Waals surface area contributed by atoms with Crippen molar-refractivity contribution in [3.63, 3.8) is 0 Å². The molecule has 0 radical (unpaired) electrons. The third-order valence-corrected chi connectivity index (χ3v) is 6.17. The molecule has 3 aromatic rings. The average Bonchev–Trinajstić information content (AvgIpc) is 2.92. The van der Waals surface area contributed by atoms with Crippen molar-refractivity contribution in [3.8, 4) is 23.3 Å². The van der Waals surface area contributed by atoms with Crippen LogP contribution in [0.1, 0.15) is 35.3 Å². The van der Waals surface area contributed by atoms with Crippen LogP contribution in [0, 0.1) is 11.8 Å². The molecule has 0 spiro atoms. The SMILES string of the molecule is CNC(=O)c1cc(C#Cc2cnc(Nc3ccc(N4C=C(C)N[C@@H](C)C4)c(OC)c3)nc2)c(Cl)c(OC)c1. The summed E-state index contributed by atoms with van der Waals surface area (Å²) in [6.45, 7) is 5.02. The first kappa shape index (κ1) is 26.6. The summed E-state index contributed by atoms with van der Waals surface area (Å²) in [7, 11) is 4.69. The van der Waals surface area contributed by atoms with Crippen LogP contribution in [0.25, 0.3) is 0 Å². The lowest BCUT2D eigenvalue weighted by atomic mass is 10.1. The molecule has 2 aromatic carbocycles. The number of allylic oxidation sites excluding steroid dienone is 1. The van der Waals surface area contributed by atoms with Gasteiger partial charge in [-0.05, 0) is 38.1 Å². The van der Waals surface area contributed by atoms with Crippen molar-refractivity contribution in [2.45, 2.75) is 19.9 Å². The van der Waals surface area contributed by atoms with E-state index in [0.29, 0.717) is 39.5 Å². The summed E-state index contributed by atoms with van der Waals surface area (Å²) in [5.74, 6) is 7.22. The fraction of sp³-hybridized carbons (Fsp3) is 0.250. The van der Waals surface area contributed by atoms with Crippen LogP contribution in [0.15, 0.2) is 54.6 Å². The van der Waals surface area contributed by atoms with Crippen LogP contribution >= 0.6 is 11.6 Å². The highest BCUT2D eigenvalue weighted by Crippen LogP contribution is 2.33. The number of amides is 1. The molecule has 1 amide bonds. The second kappa shape index (κ2) is 11.8. The van der Waals surface area contributed by atoms with Gasteiger partial charge in [0, 0.05) is 66.8 Å². The second-order valence-corrected chi connectivity index (χ2v) is 9.06. The lowest BCUT2D eigenvalue weighted by molar-refractivity contribution is 0.0962. The smallest absolute Gasteiger partial charge is 0.251 e. The number of rotatable bonds is 6. The molecule has 0 saturated heterocycles. The monoisotopic (exact) mass is 532 g/mol. The first-order valence-corrected chi connectivity index (χ1v) is 12.3. The summed E-state index contributed by atoms with van der Waals surface area (Å²) >= 11 is 6.39. The minimum absolute atomic E-state index is 0.263. The standard InChI is InChI=1S/C28H29ClN6O3/c1-17-15-35(16-18(2)33-17)23-9-8-22(12-24(23)37-4)34-28-31-13-19(14-32-28)6-7-20-10-21(27(36)30-3)11-25(38-5)26(20)29/h8-15,18,33H,16H2,1-5H3,(H,30,36)(H,31,32,34)/t18-/m0/s1. The summed E-state index contributed by atoms with van der Waals surface area (Å²) in [6.07, 6.45) is 5.29. The van der Waals surface area contributed by atoms with Crippen LogP contribution in [0.2, 0.25) is 5.02 Å². The molecule has 3 N–H and O–H groups in total. The Morgan fingerprint density at radius 1 is 1.13 bits per heavy atom. The Labute approximate surface area is 227 Å². The molecule has 196 valence electrons. The van der Waals surface area contributed by atoms with Crippen LogP contribution in [-0.2, 0) is 0 Å². The molecule has 0 unspecified atom stereocenters. The average molecular weight is 533 g/mol. The van der Waals surface area contributed by atoms with Crippen molar-refractivity contribution >= 4 is 34.8 Å². The van der Waals surface area contributed by atoms with E-state index in [1.807, 2.05) is 25.1 Å². The molecule has 1 atom stereocenters. The Hall–Kier alpha value is -4.42. The highest BCUT2D eigenvalue weighted by Gasteiger charge is 2.18. The molecule has 1 aliphatic rings. The predicted molar refractivity (Wildman–Crippen MR) is 149 cm³/mol. The Morgan fingerprint density at radius 2 is 1.87 bits per heavy atom. The fourth-order valence-corrected chi connectivity index (χ4v) is 4.29. The quantitative estimate of drug-likeness (QED) is 0.404. The Kier molecular flexibility index (Phi) is 8.24. The molecule has 0 saturated carbocycles. The van der Waals surface area contributed by atoms with Gasteiger partial charge in [0.1, 0.15) is 11.5 Å². The van der Waals surface area contributed by atoms with Crippen LogP contribution in [0.3, 0.4) is 0 Å². The molecule has 38 heavy (non-hydrogen) atoms. The third-order valence-electron chi connectivity index (χ3n) is 5.78. The van der Waals surface area contributed by atoms with Crippen molar-refractivity contribution in [1.82, 2.24) is 20.6 Å². The molecule has 1 aromatic heterocycles. The number of carbonyl (C=O) groups excluding carboxylic acids is 1. The Balaban J connectivity index is 1.51. The number of benzene rings is 2. The lowest BCUT2D eigenvalue weighted by Crippen LogP contribution is -2.41. The number of nitrogens with zero attached hydrogens (tertiary/aromatic N) is 3. The van der Waals surface area contributed by atoms with E-state index in [4.69, 9.17) is 21.1 Å². The predicted octanol–water partition coefficient (Wildman–Crippen LogP) is 4.31. The number of anilines is 3. The van der Waals surface area contributed by atoms with Crippen LogP contribution in [-0.4, -0.2) is 49.7 Å². The molecule has 9 nitrogen and oxygen atoms in total. The number of hydrogen-bond donors (Lipinski definition) is 3. The van der Waals surface area contributed by atoms with Gasteiger partial charge in [-0.3, -0.25) is 4.79 Å². The van der Waals surface area contributed by atoms with Crippen molar-refractivity contribution in [2.75, 3.05) is 38.0 Å². The largest absolute Gasteiger partial charge is 0.495 e. The maximum atomic E-state index is 12.1. The van der Waals surface area contributed by atoms with E-state index in [-0.39, 0.29) is 5.91 Å². The molecule has 0 fully saturated rings. The normalized spacial score (nSPS) is 14.4. The van der Waals surface area contributed by atoms with Crippen molar-refractivity contribution in [3.05, 3.63) is 76.3 Å². The van der Waals surface area contributed by atoms with Crippen LogP contribution in [0.5, 0.6) is 11.5 Å². The first-order chi connectivity index (χ1) is 18.3. The van der Waals surface area contributed by atoms with Gasteiger partial charge in [0.05, 0.1) is 30.5 Å². The van der Waals surface area contributed by atoms with Gasteiger partial charge in [0.25, 0.3) is 5.91 Å². The highest BCUT2D eigenvalue weighted by atomic mass is 35.5. The van der Waals surface area contributed by atoms with Gasteiger partial charge in [-0.1, -0.05) is 23.4 Å². The van der Waals surface area contributed by atoms with Gasteiger partial charge in [0.2, 0.25) is 5.95 Å². The third kappa shape index (κ3) is 6.10. The van der Waals surface area contributed by atoms with E-state index in [0.717, 1.165) is 29.4 Å². The van der Waals surface area contributed by atoms with Gasteiger partial charge in [-0.2, -0.15) is 0 Å². The van der Waals surface area contributed by atoms with Gasteiger partial charge >= 0.3 is 0 Å². The van der Waals surface area contributed by atoms with E-state index in [9.17, 15) is 4.79 Å². The fourth-order valence-electron chi connectivity index (χ4n) is 4.05. The van der Waals surface area contributed by atoms with Crippen LogP contribution < -0.4 is 30.3 Å². The van der Waals surface area contributed by atoms with E-state index in [1.165, 1.54) is 7.11 Å². The lowest BCUT2D eigenvalue weighted by Gasteiger charge is -2.32. The van der Waals surface area contributed by atoms with E-state index >= 15 is 0 Å². The summed E-state index contributed by atoms with van der Waals surface area (Å²) in [6, 6.07) is 9.39. The zero-order valence-electron chi connectivity index (χ0n) is 21.8.